The summed E-state index contributed by atoms with van der Waals surface area (Å²) in [5.41, 5.74) is 0. The van der Waals surface area contributed by atoms with Gasteiger partial charge in [0.2, 0.25) is 0 Å². The number of carbonyl (C=O) groups excluding carboxylic acids is 1. The Hall–Kier alpha value is -1.34. The number of carbonyl (C=O) groups is 2. The summed E-state index contributed by atoms with van der Waals surface area (Å²) < 4.78 is 0. The zero-order chi connectivity index (χ0) is 14.4. The van der Waals surface area contributed by atoms with Gasteiger partial charge in [-0.2, -0.15) is 0 Å². The van der Waals surface area contributed by atoms with Crippen LogP contribution in [0.2, 0.25) is 0 Å². The molecule has 114 valence electrons. The Kier molecular flexibility index (Phi) is 5.60. The van der Waals surface area contributed by atoms with Gasteiger partial charge in [-0.15, -0.1) is 0 Å². The summed E-state index contributed by atoms with van der Waals surface area (Å²) in [6.07, 6.45) is 1.11. The number of hydrogen-bond acceptors (Lipinski definition) is 4. The number of carboxylic acid groups (broad SMARTS) is 1. The minimum Gasteiger partial charge on any atom is -0.481 e. The van der Waals surface area contributed by atoms with Crippen LogP contribution in [0.3, 0.4) is 0 Å². The van der Waals surface area contributed by atoms with Crippen molar-refractivity contribution in [2.75, 3.05) is 52.4 Å². The van der Waals surface area contributed by atoms with E-state index in [0.29, 0.717) is 32.5 Å². The normalized spacial score (nSPS) is 21.7. The maximum absolute atomic E-state index is 12.0. The minimum absolute atomic E-state index is 0.0658. The molecule has 0 unspecified atom stereocenters. The molecular weight excluding hydrogens is 260 g/mol. The van der Waals surface area contributed by atoms with E-state index in [4.69, 9.17) is 5.11 Å². The summed E-state index contributed by atoms with van der Waals surface area (Å²) in [7, 11) is 0. The van der Waals surface area contributed by atoms with Crippen LogP contribution < -0.4 is 10.6 Å². The molecule has 7 heteroatoms. The summed E-state index contributed by atoms with van der Waals surface area (Å²) in [6, 6.07) is -0.0658. The fourth-order valence-corrected chi connectivity index (χ4v) is 2.70. The number of nitrogens with zero attached hydrogens (tertiary/aromatic N) is 2. The summed E-state index contributed by atoms with van der Waals surface area (Å²) in [5.74, 6) is -1.04. The van der Waals surface area contributed by atoms with Gasteiger partial charge in [-0.25, -0.2) is 4.79 Å². The van der Waals surface area contributed by atoms with Gasteiger partial charge < -0.3 is 20.6 Å². The predicted octanol–water partition coefficient (Wildman–Crippen LogP) is -0.602. The molecule has 0 aromatic rings. The highest BCUT2D eigenvalue weighted by atomic mass is 16.4. The first-order valence-electron chi connectivity index (χ1n) is 7.35. The average molecular weight is 284 g/mol. The summed E-state index contributed by atoms with van der Waals surface area (Å²) in [5, 5.41) is 15.1. The highest BCUT2D eigenvalue weighted by molar-refractivity contribution is 5.75. The Bertz CT molecular complexity index is 337. The number of piperazine rings is 1. The fourth-order valence-electron chi connectivity index (χ4n) is 2.70. The lowest BCUT2D eigenvalue weighted by Crippen LogP contribution is -2.49. The molecule has 2 aliphatic heterocycles. The number of carboxylic acids is 1. The third kappa shape index (κ3) is 4.35. The molecule has 0 spiro atoms. The van der Waals surface area contributed by atoms with Crippen LogP contribution >= 0.6 is 0 Å². The van der Waals surface area contributed by atoms with Gasteiger partial charge in [-0.1, -0.05) is 0 Å². The number of aliphatic carboxylic acids is 1. The average Bonchev–Trinajstić information content (AvgIpc) is 2.48. The van der Waals surface area contributed by atoms with Crippen molar-refractivity contribution in [1.29, 1.82) is 0 Å². The van der Waals surface area contributed by atoms with E-state index < -0.39 is 5.97 Å². The largest absolute Gasteiger partial charge is 0.481 e. The second-order valence-corrected chi connectivity index (χ2v) is 5.42. The predicted molar refractivity (Wildman–Crippen MR) is 74.6 cm³/mol. The highest BCUT2D eigenvalue weighted by Crippen LogP contribution is 2.16. The number of piperidine rings is 1. The molecule has 2 heterocycles. The van der Waals surface area contributed by atoms with Crippen LogP contribution in [0.4, 0.5) is 4.79 Å². The first kappa shape index (κ1) is 15.1. The van der Waals surface area contributed by atoms with Crippen molar-refractivity contribution in [1.82, 2.24) is 20.4 Å². The molecule has 2 saturated heterocycles. The fraction of sp³-hybridized carbons (Fsp3) is 0.846. The van der Waals surface area contributed by atoms with E-state index in [0.717, 1.165) is 32.7 Å². The van der Waals surface area contributed by atoms with Gasteiger partial charge in [0.25, 0.3) is 0 Å². The standard InChI is InChI=1S/C13H24N4O3/c18-12(19)11-1-6-17(7-2-11)13(20)15-5-10-16-8-3-14-4-9-16/h11,14H,1-10H2,(H,15,20)(H,18,19). The summed E-state index contributed by atoms with van der Waals surface area (Å²) in [4.78, 5) is 26.8. The van der Waals surface area contributed by atoms with Crippen LogP contribution in [0.5, 0.6) is 0 Å². The molecule has 0 aromatic heterocycles. The highest BCUT2D eigenvalue weighted by Gasteiger charge is 2.26. The lowest BCUT2D eigenvalue weighted by Gasteiger charge is -2.31. The van der Waals surface area contributed by atoms with Gasteiger partial charge in [0.15, 0.2) is 0 Å². The number of nitrogens with one attached hydrogen (secondary N) is 2. The third-order valence-electron chi connectivity index (χ3n) is 4.05. The molecule has 2 rings (SSSR count). The minimum atomic E-state index is -0.747. The summed E-state index contributed by atoms with van der Waals surface area (Å²) >= 11 is 0. The Balaban J connectivity index is 1.61. The van der Waals surface area contributed by atoms with Crippen molar-refractivity contribution < 1.29 is 14.7 Å². The number of likely N-dealkylation sites (tertiary alicyclic amines) is 1. The van der Waals surface area contributed by atoms with Crippen LogP contribution in [-0.4, -0.2) is 79.3 Å². The van der Waals surface area contributed by atoms with E-state index in [1.165, 1.54) is 0 Å². The monoisotopic (exact) mass is 284 g/mol. The molecule has 3 N–H and O–H groups in total. The molecule has 0 aliphatic carbocycles. The molecule has 7 nitrogen and oxygen atoms in total. The van der Waals surface area contributed by atoms with E-state index >= 15 is 0 Å². The number of amides is 2. The summed E-state index contributed by atoms with van der Waals surface area (Å²) in [6.45, 7) is 6.68. The number of hydrogen-bond donors (Lipinski definition) is 3. The zero-order valence-corrected chi connectivity index (χ0v) is 11.8. The van der Waals surface area contributed by atoms with Gasteiger partial charge in [0, 0.05) is 52.4 Å². The second-order valence-electron chi connectivity index (χ2n) is 5.42. The lowest BCUT2D eigenvalue weighted by atomic mass is 9.97. The van der Waals surface area contributed by atoms with Crippen LogP contribution in [-0.2, 0) is 4.79 Å². The van der Waals surface area contributed by atoms with Crippen LogP contribution in [0, 0.1) is 5.92 Å². The van der Waals surface area contributed by atoms with E-state index in [1.807, 2.05) is 0 Å². The van der Waals surface area contributed by atoms with Crippen LogP contribution in [0.25, 0.3) is 0 Å². The molecule has 0 bridgehead atoms. The Labute approximate surface area is 119 Å². The van der Waals surface area contributed by atoms with E-state index in [9.17, 15) is 9.59 Å². The van der Waals surface area contributed by atoms with Gasteiger partial charge >= 0.3 is 12.0 Å². The molecule has 0 aromatic carbocycles. The van der Waals surface area contributed by atoms with Gasteiger partial charge in [0.1, 0.15) is 0 Å². The molecule has 0 radical (unpaired) electrons. The Morgan fingerprint density at radius 2 is 1.80 bits per heavy atom. The maximum Gasteiger partial charge on any atom is 0.317 e. The van der Waals surface area contributed by atoms with Gasteiger partial charge in [0.05, 0.1) is 5.92 Å². The lowest BCUT2D eigenvalue weighted by molar-refractivity contribution is -0.143. The van der Waals surface area contributed by atoms with Gasteiger partial charge in [-0.3, -0.25) is 9.69 Å². The molecule has 0 atom stereocenters. The van der Waals surface area contributed by atoms with E-state index in [2.05, 4.69) is 15.5 Å². The first-order valence-corrected chi connectivity index (χ1v) is 7.35. The van der Waals surface area contributed by atoms with Crippen molar-refractivity contribution in [3.05, 3.63) is 0 Å². The van der Waals surface area contributed by atoms with E-state index in [-0.39, 0.29) is 11.9 Å². The molecule has 2 fully saturated rings. The SMILES string of the molecule is O=C(O)C1CCN(C(=O)NCCN2CCNCC2)CC1. The topological polar surface area (TPSA) is 84.9 Å². The Morgan fingerprint density at radius 3 is 2.40 bits per heavy atom. The molecule has 20 heavy (non-hydrogen) atoms. The zero-order valence-electron chi connectivity index (χ0n) is 11.8. The van der Waals surface area contributed by atoms with Crippen molar-refractivity contribution in [2.45, 2.75) is 12.8 Å². The van der Waals surface area contributed by atoms with Crippen molar-refractivity contribution in [3.63, 3.8) is 0 Å². The van der Waals surface area contributed by atoms with E-state index in [1.54, 1.807) is 4.90 Å². The quantitative estimate of drug-likeness (QED) is 0.642. The van der Waals surface area contributed by atoms with Crippen molar-refractivity contribution in [3.8, 4) is 0 Å². The van der Waals surface area contributed by atoms with Crippen molar-refractivity contribution in [2.24, 2.45) is 5.92 Å². The molecule has 2 aliphatic rings. The molecular formula is C13H24N4O3. The first-order chi connectivity index (χ1) is 9.66. The second kappa shape index (κ2) is 7.44. The maximum atomic E-state index is 12.0. The van der Waals surface area contributed by atoms with Crippen LogP contribution in [0.15, 0.2) is 0 Å². The Morgan fingerprint density at radius 1 is 1.15 bits per heavy atom. The smallest absolute Gasteiger partial charge is 0.317 e. The number of urea groups is 1. The molecule has 2 amide bonds. The number of rotatable bonds is 4. The molecule has 0 saturated carbocycles. The van der Waals surface area contributed by atoms with Crippen molar-refractivity contribution >= 4 is 12.0 Å². The third-order valence-corrected chi connectivity index (χ3v) is 4.05. The van der Waals surface area contributed by atoms with Crippen LogP contribution in [0.1, 0.15) is 12.8 Å². The van der Waals surface area contributed by atoms with Gasteiger partial charge in [-0.05, 0) is 12.8 Å².